The molecule has 226 valence electrons. The number of benzene rings is 1. The van der Waals surface area contributed by atoms with Crippen LogP contribution in [0.1, 0.15) is 47.5 Å². The number of likely N-dealkylation sites (tertiary alicyclic amines) is 1. The van der Waals surface area contributed by atoms with Crippen molar-refractivity contribution in [1.82, 2.24) is 4.90 Å². The number of hydrogen-bond donors (Lipinski definition) is 1. The molecule has 3 saturated heterocycles. The van der Waals surface area contributed by atoms with Gasteiger partial charge in [0.15, 0.2) is 0 Å². The van der Waals surface area contributed by atoms with Crippen molar-refractivity contribution in [2.75, 3.05) is 42.6 Å². The third-order valence-corrected chi connectivity index (χ3v) is 10.1. The Kier molecular flexibility index (Phi) is 9.86. The summed E-state index contributed by atoms with van der Waals surface area (Å²) in [5.74, 6) is -2.94. The van der Waals surface area contributed by atoms with E-state index >= 15 is 0 Å². The number of fused-ring (bicyclic) bond motifs is 1. The van der Waals surface area contributed by atoms with Gasteiger partial charge in [-0.15, -0.1) is 6.58 Å². The number of amides is 2. The Labute approximate surface area is 252 Å². The normalized spacial score (nSPS) is 29.7. The molecule has 2 amide bonds. The first kappa shape index (κ1) is 31.5. The van der Waals surface area contributed by atoms with Crippen molar-refractivity contribution < 1.29 is 29.0 Å². The van der Waals surface area contributed by atoms with Gasteiger partial charge in [0, 0.05) is 35.8 Å². The molecular weight excluding hydrogens is 590 g/mol. The second kappa shape index (κ2) is 12.8. The fraction of sp³-hybridized carbons (Fsp3) is 0.645. The van der Waals surface area contributed by atoms with Crippen molar-refractivity contribution in [1.29, 1.82) is 0 Å². The van der Waals surface area contributed by atoms with Crippen LogP contribution in [-0.4, -0.2) is 89.3 Å². The molecule has 0 aliphatic carbocycles. The Morgan fingerprint density at radius 2 is 1.85 bits per heavy atom. The maximum Gasteiger partial charge on any atom is 0.312 e. The van der Waals surface area contributed by atoms with Gasteiger partial charge in [-0.1, -0.05) is 42.3 Å². The maximum atomic E-state index is 14.8. The molecule has 3 aliphatic rings. The van der Waals surface area contributed by atoms with Crippen molar-refractivity contribution in [3.63, 3.8) is 0 Å². The predicted octanol–water partition coefficient (Wildman–Crippen LogP) is 3.77. The zero-order chi connectivity index (χ0) is 30.1. The van der Waals surface area contributed by atoms with Crippen LogP contribution in [0.4, 0.5) is 11.4 Å². The minimum atomic E-state index is -1.23. The van der Waals surface area contributed by atoms with Gasteiger partial charge in [0.1, 0.15) is 11.6 Å². The standard InChI is InChI=1S/C31H44BrN3O6/c1-7-16-34(21-14-12-20(13-15-21)33(9-3)10-4)29(38)27-31-17-22(32)26(41-31)24(30(39)40-11-5)25(31)28(37)35(27)23(18-36)19(6)8-2/h7,12-15,19,22-27,36H,1,8-11,16-18H2,2-6H3/t19-,22?,23-,24-,25+,26-,27-,31+/m0/s1. The summed E-state index contributed by atoms with van der Waals surface area (Å²) in [7, 11) is 0. The molecule has 9 nitrogen and oxygen atoms in total. The SMILES string of the molecule is C=CCN(C(=O)[C@@H]1N([C@@H](CO)[C@@H](C)CC)C(=O)[C@H]2[C@H](C(=O)OCC)[C@H]3O[C@@]12CC3Br)c1ccc(N(CC)CC)cc1. The van der Waals surface area contributed by atoms with Gasteiger partial charge in [-0.2, -0.15) is 0 Å². The highest BCUT2D eigenvalue weighted by Gasteiger charge is 2.77. The summed E-state index contributed by atoms with van der Waals surface area (Å²) in [6.07, 6.45) is 2.16. The van der Waals surface area contributed by atoms with Crippen LogP contribution >= 0.6 is 15.9 Å². The number of esters is 1. The predicted molar refractivity (Wildman–Crippen MR) is 162 cm³/mol. The van der Waals surface area contributed by atoms with Gasteiger partial charge in [0.2, 0.25) is 5.91 Å². The van der Waals surface area contributed by atoms with Crippen LogP contribution in [0.5, 0.6) is 0 Å². The molecule has 2 bridgehead atoms. The number of nitrogens with zero attached hydrogens (tertiary/aromatic N) is 3. The molecule has 3 heterocycles. The highest BCUT2D eigenvalue weighted by atomic mass is 79.9. The lowest BCUT2D eigenvalue weighted by molar-refractivity contribution is -0.155. The van der Waals surface area contributed by atoms with E-state index in [1.54, 1.807) is 17.9 Å². The van der Waals surface area contributed by atoms with Crippen LogP contribution in [-0.2, 0) is 23.9 Å². The summed E-state index contributed by atoms with van der Waals surface area (Å²) in [6.45, 7) is 15.6. The van der Waals surface area contributed by atoms with Gasteiger partial charge in [0.25, 0.3) is 5.91 Å². The highest BCUT2D eigenvalue weighted by molar-refractivity contribution is 9.09. The lowest BCUT2D eigenvalue weighted by Gasteiger charge is -2.41. The van der Waals surface area contributed by atoms with E-state index in [0.717, 1.165) is 18.8 Å². The summed E-state index contributed by atoms with van der Waals surface area (Å²) in [5.41, 5.74) is 0.494. The second-order valence-electron chi connectivity index (χ2n) is 11.2. The molecule has 3 fully saturated rings. The monoisotopic (exact) mass is 633 g/mol. The number of hydrogen-bond acceptors (Lipinski definition) is 7. The second-order valence-corrected chi connectivity index (χ2v) is 12.4. The number of carbonyl (C=O) groups excluding carboxylic acids is 3. The zero-order valence-electron chi connectivity index (χ0n) is 24.8. The fourth-order valence-corrected chi connectivity index (χ4v) is 8.00. The van der Waals surface area contributed by atoms with Crippen LogP contribution in [0.15, 0.2) is 36.9 Å². The maximum absolute atomic E-state index is 14.8. The van der Waals surface area contributed by atoms with E-state index in [1.807, 2.05) is 38.1 Å². The molecule has 1 unspecified atom stereocenters. The van der Waals surface area contributed by atoms with Crippen molar-refractivity contribution in [3.8, 4) is 0 Å². The summed E-state index contributed by atoms with van der Waals surface area (Å²) in [5, 5.41) is 10.6. The average Bonchev–Trinajstić information content (AvgIpc) is 3.56. The Hall–Kier alpha value is -2.43. The number of halogens is 1. The smallest absolute Gasteiger partial charge is 0.312 e. The Balaban J connectivity index is 1.82. The average molecular weight is 635 g/mol. The minimum absolute atomic E-state index is 0.0892. The highest BCUT2D eigenvalue weighted by Crippen LogP contribution is 2.61. The van der Waals surface area contributed by atoms with Crippen molar-refractivity contribution in [2.24, 2.45) is 17.8 Å². The molecule has 8 atom stereocenters. The largest absolute Gasteiger partial charge is 0.466 e. The van der Waals surface area contributed by atoms with Gasteiger partial charge in [-0.05, 0) is 57.4 Å². The van der Waals surface area contributed by atoms with Crippen LogP contribution in [0.2, 0.25) is 0 Å². The lowest BCUT2D eigenvalue weighted by atomic mass is 9.70. The molecule has 3 aliphatic heterocycles. The molecule has 4 rings (SSSR count). The number of alkyl halides is 1. The van der Waals surface area contributed by atoms with Crippen LogP contribution in [0.25, 0.3) is 0 Å². The Bertz CT molecular complexity index is 1130. The Morgan fingerprint density at radius 1 is 1.22 bits per heavy atom. The first-order valence-electron chi connectivity index (χ1n) is 14.8. The van der Waals surface area contributed by atoms with Gasteiger partial charge in [-0.25, -0.2) is 0 Å². The topological polar surface area (TPSA) is 99.6 Å². The number of carbonyl (C=O) groups is 3. The molecule has 0 aromatic heterocycles. The molecule has 10 heteroatoms. The molecule has 1 aromatic carbocycles. The van der Waals surface area contributed by atoms with Gasteiger partial charge >= 0.3 is 5.97 Å². The molecule has 1 aromatic rings. The minimum Gasteiger partial charge on any atom is -0.466 e. The summed E-state index contributed by atoms with van der Waals surface area (Å²) in [4.78, 5) is 47.5. The van der Waals surface area contributed by atoms with E-state index in [4.69, 9.17) is 9.47 Å². The quantitative estimate of drug-likeness (QED) is 0.201. The molecule has 0 saturated carbocycles. The number of ether oxygens (including phenoxy) is 2. The molecule has 1 spiro atoms. The van der Waals surface area contributed by atoms with Crippen molar-refractivity contribution in [3.05, 3.63) is 36.9 Å². The third-order valence-electron chi connectivity index (χ3n) is 9.23. The van der Waals surface area contributed by atoms with Crippen LogP contribution in [0.3, 0.4) is 0 Å². The number of rotatable bonds is 13. The van der Waals surface area contributed by atoms with Gasteiger partial charge in [-0.3, -0.25) is 14.4 Å². The first-order valence-corrected chi connectivity index (χ1v) is 15.8. The molecule has 41 heavy (non-hydrogen) atoms. The first-order chi connectivity index (χ1) is 19.6. The zero-order valence-corrected chi connectivity index (χ0v) is 26.4. The van der Waals surface area contributed by atoms with E-state index in [9.17, 15) is 19.5 Å². The number of aliphatic hydroxyl groups excluding tert-OH is 1. The van der Waals surface area contributed by atoms with E-state index < -0.39 is 41.6 Å². The van der Waals surface area contributed by atoms with Crippen LogP contribution in [0, 0.1) is 17.8 Å². The molecule has 0 radical (unpaired) electrons. The van der Waals surface area contributed by atoms with Gasteiger partial charge < -0.3 is 29.3 Å². The van der Waals surface area contributed by atoms with E-state index in [1.165, 1.54) is 4.90 Å². The number of aliphatic hydroxyl groups is 1. The third kappa shape index (κ3) is 5.20. The van der Waals surface area contributed by atoms with E-state index in [2.05, 4.69) is 41.3 Å². The summed E-state index contributed by atoms with van der Waals surface area (Å²) >= 11 is 3.69. The summed E-state index contributed by atoms with van der Waals surface area (Å²) in [6, 6.07) is 6.15. The molecule has 1 N–H and O–H groups in total. The van der Waals surface area contributed by atoms with Crippen molar-refractivity contribution >= 4 is 45.1 Å². The lowest BCUT2D eigenvalue weighted by Crippen LogP contribution is -2.60. The van der Waals surface area contributed by atoms with Gasteiger partial charge in [0.05, 0.1) is 37.2 Å². The summed E-state index contributed by atoms with van der Waals surface area (Å²) < 4.78 is 12.0. The number of anilines is 2. The van der Waals surface area contributed by atoms with Crippen molar-refractivity contribution in [2.45, 2.75) is 76.1 Å². The molecular formula is C31H44BrN3O6. The van der Waals surface area contributed by atoms with E-state index in [-0.39, 0.29) is 42.3 Å². The van der Waals surface area contributed by atoms with E-state index in [0.29, 0.717) is 18.5 Å². The Morgan fingerprint density at radius 3 is 2.39 bits per heavy atom. The van der Waals surface area contributed by atoms with Crippen LogP contribution < -0.4 is 9.80 Å². The fourth-order valence-electron chi connectivity index (χ4n) is 7.06.